The van der Waals surface area contributed by atoms with E-state index in [9.17, 15) is 15.3 Å². The van der Waals surface area contributed by atoms with Crippen molar-refractivity contribution in [3.8, 4) is 5.75 Å². The minimum atomic E-state index is -0.996. The van der Waals surface area contributed by atoms with Gasteiger partial charge in [-0.1, -0.05) is 13.8 Å². The van der Waals surface area contributed by atoms with Gasteiger partial charge < -0.3 is 20.1 Å². The zero-order chi connectivity index (χ0) is 15.2. The maximum atomic E-state index is 9.30. The summed E-state index contributed by atoms with van der Waals surface area (Å²) < 4.78 is 5.70. The van der Waals surface area contributed by atoms with Gasteiger partial charge in [0, 0.05) is 0 Å². The van der Waals surface area contributed by atoms with Gasteiger partial charge in [-0.3, -0.25) is 0 Å². The Bertz CT molecular complexity index is 391. The van der Waals surface area contributed by atoms with Gasteiger partial charge >= 0.3 is 0 Å². The summed E-state index contributed by atoms with van der Waals surface area (Å²) in [6.07, 6.45) is 1.86. The van der Waals surface area contributed by atoms with Crippen molar-refractivity contribution in [2.75, 3.05) is 26.4 Å². The lowest BCUT2D eigenvalue weighted by Gasteiger charge is -2.27. The molecule has 0 radical (unpaired) electrons. The van der Waals surface area contributed by atoms with E-state index in [0.717, 1.165) is 18.6 Å². The third-order valence-electron chi connectivity index (χ3n) is 3.91. The van der Waals surface area contributed by atoms with Gasteiger partial charge in [0.15, 0.2) is 0 Å². The lowest BCUT2D eigenvalue weighted by Crippen LogP contribution is -2.39. The first-order valence-corrected chi connectivity index (χ1v) is 7.13. The molecule has 1 aromatic rings. The third kappa shape index (κ3) is 3.72. The van der Waals surface area contributed by atoms with E-state index in [4.69, 9.17) is 4.74 Å². The third-order valence-corrected chi connectivity index (χ3v) is 3.91. The average Bonchev–Trinajstić information content (AvgIpc) is 2.50. The van der Waals surface area contributed by atoms with E-state index in [1.165, 1.54) is 16.7 Å². The van der Waals surface area contributed by atoms with Crippen molar-refractivity contribution in [1.82, 2.24) is 0 Å². The molecule has 0 heterocycles. The first kappa shape index (κ1) is 17.0. The highest BCUT2D eigenvalue weighted by Crippen LogP contribution is 2.25. The number of aryl methyl sites for hydroxylation is 2. The quantitative estimate of drug-likeness (QED) is 0.675. The molecule has 4 heteroatoms. The van der Waals surface area contributed by atoms with E-state index in [1.54, 1.807) is 0 Å². The summed E-state index contributed by atoms with van der Waals surface area (Å²) in [5, 5.41) is 27.9. The molecule has 1 rings (SSSR count). The number of benzene rings is 1. The topological polar surface area (TPSA) is 69.9 Å². The molecule has 4 nitrogen and oxygen atoms in total. The Morgan fingerprint density at radius 1 is 0.950 bits per heavy atom. The Hall–Kier alpha value is -1.10. The van der Waals surface area contributed by atoms with Crippen LogP contribution in [0.25, 0.3) is 0 Å². The summed E-state index contributed by atoms with van der Waals surface area (Å²) in [5.74, 6) is 0.726. The SMILES string of the molecule is CCc1cc(OCC(CO)(CO)CO)cc(CC)c1C. The van der Waals surface area contributed by atoms with Crippen LogP contribution in [0.1, 0.15) is 30.5 Å². The smallest absolute Gasteiger partial charge is 0.119 e. The molecular weight excluding hydrogens is 256 g/mol. The Labute approximate surface area is 121 Å². The minimum Gasteiger partial charge on any atom is -0.493 e. The standard InChI is InChI=1S/C16H26O4/c1-4-13-6-15(7-14(5-2)12(13)3)20-11-16(8-17,9-18)10-19/h6-7,17-19H,4-5,8-11H2,1-3H3. The summed E-state index contributed by atoms with van der Waals surface area (Å²) in [7, 11) is 0. The number of rotatable bonds is 8. The van der Waals surface area contributed by atoms with Gasteiger partial charge in [0.25, 0.3) is 0 Å². The maximum absolute atomic E-state index is 9.30. The van der Waals surface area contributed by atoms with Crippen molar-refractivity contribution >= 4 is 0 Å². The van der Waals surface area contributed by atoms with Gasteiger partial charge in [0.05, 0.1) is 25.2 Å². The second-order valence-corrected chi connectivity index (χ2v) is 5.34. The van der Waals surface area contributed by atoms with E-state index in [1.807, 2.05) is 12.1 Å². The van der Waals surface area contributed by atoms with Crippen molar-refractivity contribution < 1.29 is 20.1 Å². The fraction of sp³-hybridized carbons (Fsp3) is 0.625. The first-order chi connectivity index (χ1) is 9.55. The second-order valence-electron chi connectivity index (χ2n) is 5.34. The highest BCUT2D eigenvalue weighted by molar-refractivity contribution is 5.41. The molecule has 0 bridgehead atoms. The van der Waals surface area contributed by atoms with E-state index in [-0.39, 0.29) is 26.4 Å². The highest BCUT2D eigenvalue weighted by atomic mass is 16.5. The molecule has 0 atom stereocenters. The summed E-state index contributed by atoms with van der Waals surface area (Å²) in [4.78, 5) is 0. The average molecular weight is 282 g/mol. The fourth-order valence-electron chi connectivity index (χ4n) is 2.15. The summed E-state index contributed by atoms with van der Waals surface area (Å²) in [5.41, 5.74) is 2.77. The molecule has 0 spiro atoms. The van der Waals surface area contributed by atoms with E-state index >= 15 is 0 Å². The van der Waals surface area contributed by atoms with Crippen LogP contribution in [0.2, 0.25) is 0 Å². The molecule has 1 aromatic carbocycles. The van der Waals surface area contributed by atoms with Crippen LogP contribution < -0.4 is 4.74 Å². The molecule has 0 fully saturated rings. The van der Waals surface area contributed by atoms with Gasteiger partial charge in [0.1, 0.15) is 12.4 Å². The Morgan fingerprint density at radius 2 is 1.40 bits per heavy atom. The lowest BCUT2D eigenvalue weighted by molar-refractivity contribution is -0.0258. The maximum Gasteiger partial charge on any atom is 0.119 e. The molecule has 3 N–H and O–H groups in total. The molecule has 0 aliphatic rings. The molecule has 20 heavy (non-hydrogen) atoms. The zero-order valence-electron chi connectivity index (χ0n) is 12.6. The van der Waals surface area contributed by atoms with Gasteiger partial charge in [-0.2, -0.15) is 0 Å². The van der Waals surface area contributed by atoms with Crippen LogP contribution in [0.4, 0.5) is 0 Å². The highest BCUT2D eigenvalue weighted by Gasteiger charge is 2.29. The first-order valence-electron chi connectivity index (χ1n) is 7.13. The number of ether oxygens (including phenoxy) is 1. The summed E-state index contributed by atoms with van der Waals surface area (Å²) in [6, 6.07) is 3.98. The molecule has 0 aliphatic heterocycles. The van der Waals surface area contributed by atoms with E-state index < -0.39 is 5.41 Å². The van der Waals surface area contributed by atoms with Crippen LogP contribution in [-0.2, 0) is 12.8 Å². The molecule has 0 saturated carbocycles. The van der Waals surface area contributed by atoms with Crippen LogP contribution in [0.5, 0.6) is 5.75 Å². The number of aliphatic hydroxyl groups excluding tert-OH is 3. The van der Waals surface area contributed by atoms with Crippen LogP contribution in [-0.4, -0.2) is 41.7 Å². The molecule has 0 saturated heterocycles. The fourth-order valence-corrected chi connectivity index (χ4v) is 2.15. The Balaban J connectivity index is 2.92. The van der Waals surface area contributed by atoms with Crippen molar-refractivity contribution in [2.24, 2.45) is 5.41 Å². The van der Waals surface area contributed by atoms with Crippen molar-refractivity contribution in [3.05, 3.63) is 28.8 Å². The minimum absolute atomic E-state index is 0.0892. The Morgan fingerprint density at radius 3 is 1.75 bits per heavy atom. The van der Waals surface area contributed by atoms with E-state index in [2.05, 4.69) is 20.8 Å². The van der Waals surface area contributed by atoms with Crippen molar-refractivity contribution in [3.63, 3.8) is 0 Å². The molecule has 0 aromatic heterocycles. The van der Waals surface area contributed by atoms with Crippen LogP contribution in [0.3, 0.4) is 0 Å². The largest absolute Gasteiger partial charge is 0.493 e. The van der Waals surface area contributed by atoms with Gasteiger partial charge in [-0.05, 0) is 48.6 Å². The number of aliphatic hydroxyl groups is 3. The van der Waals surface area contributed by atoms with Crippen LogP contribution in [0.15, 0.2) is 12.1 Å². The lowest BCUT2D eigenvalue weighted by atomic mass is 9.92. The Kier molecular flexibility index (Phi) is 6.46. The molecule has 114 valence electrons. The predicted octanol–water partition coefficient (Wildman–Crippen LogP) is 1.46. The van der Waals surface area contributed by atoms with Crippen molar-refractivity contribution in [1.29, 1.82) is 0 Å². The monoisotopic (exact) mass is 282 g/mol. The second kappa shape index (κ2) is 7.62. The molecule has 0 aliphatic carbocycles. The zero-order valence-corrected chi connectivity index (χ0v) is 12.6. The predicted molar refractivity (Wildman–Crippen MR) is 79.1 cm³/mol. The van der Waals surface area contributed by atoms with E-state index in [0.29, 0.717) is 0 Å². The molecular formula is C16H26O4. The summed E-state index contributed by atoms with van der Waals surface area (Å²) >= 11 is 0. The van der Waals surface area contributed by atoms with Crippen LogP contribution in [0, 0.1) is 12.3 Å². The number of hydrogen-bond donors (Lipinski definition) is 3. The van der Waals surface area contributed by atoms with Crippen molar-refractivity contribution in [2.45, 2.75) is 33.6 Å². The van der Waals surface area contributed by atoms with Crippen LogP contribution >= 0.6 is 0 Å². The van der Waals surface area contributed by atoms with Gasteiger partial charge in [0.2, 0.25) is 0 Å². The molecule has 0 unspecified atom stereocenters. The molecule has 0 amide bonds. The number of hydrogen-bond acceptors (Lipinski definition) is 4. The van der Waals surface area contributed by atoms with Gasteiger partial charge in [-0.15, -0.1) is 0 Å². The normalized spacial score (nSPS) is 11.7. The summed E-state index contributed by atoms with van der Waals surface area (Å²) in [6.45, 7) is 5.47. The van der Waals surface area contributed by atoms with Gasteiger partial charge in [-0.25, -0.2) is 0 Å².